The zero-order valence-electron chi connectivity index (χ0n) is 9.03. The molecule has 0 aliphatic heterocycles. The van der Waals surface area contributed by atoms with Crippen molar-refractivity contribution in [2.24, 2.45) is 0 Å². The standard InChI is InChI=1S/C11H14BrF2NS/c1-2-16-5-3-4-15-11-6-8(12)9(13)7-10(11)14/h6-7,15H,2-5H2,1H3. The lowest BCUT2D eigenvalue weighted by Crippen LogP contribution is -2.05. The Morgan fingerprint density at radius 1 is 1.31 bits per heavy atom. The van der Waals surface area contributed by atoms with E-state index >= 15 is 0 Å². The van der Waals surface area contributed by atoms with Crippen molar-refractivity contribution in [3.8, 4) is 0 Å². The molecule has 1 nitrogen and oxygen atoms in total. The molecular formula is C11H14BrF2NS. The zero-order chi connectivity index (χ0) is 12.0. The number of rotatable bonds is 6. The Balaban J connectivity index is 2.45. The maximum Gasteiger partial charge on any atom is 0.149 e. The van der Waals surface area contributed by atoms with E-state index < -0.39 is 11.6 Å². The highest BCUT2D eigenvalue weighted by Gasteiger charge is 2.07. The van der Waals surface area contributed by atoms with Crippen molar-refractivity contribution >= 4 is 33.4 Å². The summed E-state index contributed by atoms with van der Waals surface area (Å²) >= 11 is 4.88. The van der Waals surface area contributed by atoms with Gasteiger partial charge in [0.05, 0.1) is 10.2 Å². The van der Waals surface area contributed by atoms with E-state index in [2.05, 4.69) is 28.2 Å². The Labute approximate surface area is 107 Å². The van der Waals surface area contributed by atoms with Crippen molar-refractivity contribution in [2.45, 2.75) is 13.3 Å². The van der Waals surface area contributed by atoms with Crippen LogP contribution in [0.3, 0.4) is 0 Å². The Hall–Kier alpha value is -0.290. The van der Waals surface area contributed by atoms with Gasteiger partial charge in [-0.25, -0.2) is 8.78 Å². The molecule has 0 amide bonds. The van der Waals surface area contributed by atoms with E-state index in [1.54, 1.807) is 0 Å². The number of nitrogens with one attached hydrogen (secondary N) is 1. The van der Waals surface area contributed by atoms with E-state index in [-0.39, 0.29) is 4.47 Å². The summed E-state index contributed by atoms with van der Waals surface area (Å²) in [5.41, 5.74) is 0.342. The molecule has 5 heteroatoms. The number of hydrogen-bond acceptors (Lipinski definition) is 2. The first-order chi connectivity index (χ1) is 7.65. The molecular weight excluding hydrogens is 296 g/mol. The fourth-order valence-electron chi connectivity index (χ4n) is 1.20. The van der Waals surface area contributed by atoms with Gasteiger partial charge in [-0.15, -0.1) is 0 Å². The van der Waals surface area contributed by atoms with Crippen molar-refractivity contribution in [3.05, 3.63) is 28.2 Å². The Kier molecular flexibility index (Phi) is 6.13. The van der Waals surface area contributed by atoms with E-state index in [1.807, 2.05) is 11.8 Å². The van der Waals surface area contributed by atoms with Crippen LogP contribution in [0.5, 0.6) is 0 Å². The van der Waals surface area contributed by atoms with Crippen LogP contribution in [0, 0.1) is 11.6 Å². The topological polar surface area (TPSA) is 12.0 Å². The van der Waals surface area contributed by atoms with Crippen LogP contribution in [-0.2, 0) is 0 Å². The van der Waals surface area contributed by atoms with Gasteiger partial charge >= 0.3 is 0 Å². The zero-order valence-corrected chi connectivity index (χ0v) is 11.4. The predicted molar refractivity (Wildman–Crippen MR) is 70.2 cm³/mol. The maximum atomic E-state index is 13.3. The molecule has 0 unspecified atom stereocenters. The molecule has 90 valence electrons. The smallest absolute Gasteiger partial charge is 0.149 e. The van der Waals surface area contributed by atoms with Crippen LogP contribution in [0.15, 0.2) is 16.6 Å². The van der Waals surface area contributed by atoms with Gasteiger partial charge in [-0.2, -0.15) is 11.8 Å². The first kappa shape index (κ1) is 13.8. The van der Waals surface area contributed by atoms with Crippen LogP contribution in [0.1, 0.15) is 13.3 Å². The van der Waals surface area contributed by atoms with Gasteiger partial charge in [-0.3, -0.25) is 0 Å². The van der Waals surface area contributed by atoms with E-state index in [4.69, 9.17) is 0 Å². The summed E-state index contributed by atoms with van der Waals surface area (Å²) in [7, 11) is 0. The minimum absolute atomic E-state index is 0.277. The van der Waals surface area contributed by atoms with Gasteiger partial charge in [0.2, 0.25) is 0 Å². The molecule has 0 radical (unpaired) electrons. The van der Waals surface area contributed by atoms with Crippen LogP contribution in [0.25, 0.3) is 0 Å². The number of thioether (sulfide) groups is 1. The molecule has 0 saturated heterocycles. The lowest BCUT2D eigenvalue weighted by Gasteiger charge is -2.08. The molecule has 0 spiro atoms. The molecule has 0 aromatic heterocycles. The van der Waals surface area contributed by atoms with Gasteiger partial charge in [-0.1, -0.05) is 6.92 Å². The second-order valence-electron chi connectivity index (χ2n) is 3.22. The van der Waals surface area contributed by atoms with Crippen molar-refractivity contribution in [1.29, 1.82) is 0 Å². The van der Waals surface area contributed by atoms with Crippen LogP contribution >= 0.6 is 27.7 Å². The normalized spacial score (nSPS) is 10.5. The maximum absolute atomic E-state index is 13.3. The van der Waals surface area contributed by atoms with Gasteiger partial charge < -0.3 is 5.32 Å². The van der Waals surface area contributed by atoms with Gasteiger partial charge in [0.25, 0.3) is 0 Å². The van der Waals surface area contributed by atoms with Crippen molar-refractivity contribution in [1.82, 2.24) is 0 Å². The molecule has 0 aliphatic rings. The molecule has 16 heavy (non-hydrogen) atoms. The molecule has 1 aromatic rings. The Bertz CT molecular complexity index is 347. The summed E-state index contributed by atoms with van der Waals surface area (Å²) in [5.74, 6) is 1.01. The Morgan fingerprint density at radius 2 is 2.06 bits per heavy atom. The van der Waals surface area contributed by atoms with E-state index in [1.165, 1.54) is 6.07 Å². The van der Waals surface area contributed by atoms with Gasteiger partial charge in [0.1, 0.15) is 11.6 Å². The third kappa shape index (κ3) is 4.29. The van der Waals surface area contributed by atoms with E-state index in [0.29, 0.717) is 12.2 Å². The molecule has 1 N–H and O–H groups in total. The molecule has 1 aromatic carbocycles. The third-order valence-electron chi connectivity index (χ3n) is 1.99. The average Bonchev–Trinajstić information content (AvgIpc) is 2.25. The molecule has 0 atom stereocenters. The van der Waals surface area contributed by atoms with Crippen LogP contribution in [0.2, 0.25) is 0 Å². The number of halogens is 3. The molecule has 0 bridgehead atoms. The fourth-order valence-corrected chi connectivity index (χ4v) is 2.18. The van der Waals surface area contributed by atoms with Crippen LogP contribution in [0.4, 0.5) is 14.5 Å². The predicted octanol–water partition coefficient (Wildman–Crippen LogP) is 4.28. The highest BCUT2D eigenvalue weighted by Crippen LogP contribution is 2.23. The van der Waals surface area contributed by atoms with Gasteiger partial charge in [-0.05, 0) is 39.9 Å². The van der Waals surface area contributed by atoms with E-state index in [9.17, 15) is 8.78 Å². The minimum Gasteiger partial charge on any atom is -0.383 e. The summed E-state index contributed by atoms with van der Waals surface area (Å²) in [5, 5.41) is 2.95. The monoisotopic (exact) mass is 309 g/mol. The van der Waals surface area contributed by atoms with Crippen molar-refractivity contribution in [3.63, 3.8) is 0 Å². The summed E-state index contributed by atoms with van der Waals surface area (Å²) in [6, 6.07) is 2.31. The molecule has 1 rings (SSSR count). The van der Waals surface area contributed by atoms with Crippen molar-refractivity contribution in [2.75, 3.05) is 23.4 Å². The fraction of sp³-hybridized carbons (Fsp3) is 0.455. The first-order valence-corrected chi connectivity index (χ1v) is 7.06. The minimum atomic E-state index is -0.579. The average molecular weight is 310 g/mol. The molecule has 0 heterocycles. The second kappa shape index (κ2) is 7.12. The van der Waals surface area contributed by atoms with E-state index in [0.717, 1.165) is 24.0 Å². The lowest BCUT2D eigenvalue weighted by molar-refractivity contribution is 0.580. The largest absolute Gasteiger partial charge is 0.383 e. The highest BCUT2D eigenvalue weighted by atomic mass is 79.9. The SMILES string of the molecule is CCSCCCNc1cc(Br)c(F)cc1F. The lowest BCUT2D eigenvalue weighted by atomic mass is 10.3. The number of anilines is 1. The quantitative estimate of drug-likeness (QED) is 0.621. The Morgan fingerprint density at radius 3 is 2.75 bits per heavy atom. The molecule has 0 aliphatic carbocycles. The third-order valence-corrected chi connectivity index (χ3v) is 3.59. The summed E-state index contributed by atoms with van der Waals surface area (Å²) in [6.45, 7) is 2.80. The van der Waals surface area contributed by atoms with Crippen molar-refractivity contribution < 1.29 is 8.78 Å². The number of benzene rings is 1. The van der Waals surface area contributed by atoms with Gasteiger partial charge in [0.15, 0.2) is 0 Å². The second-order valence-corrected chi connectivity index (χ2v) is 5.47. The molecule has 0 fully saturated rings. The number of hydrogen-bond donors (Lipinski definition) is 1. The van der Waals surface area contributed by atoms with Crippen LogP contribution < -0.4 is 5.32 Å². The van der Waals surface area contributed by atoms with Crippen LogP contribution in [-0.4, -0.2) is 18.1 Å². The summed E-state index contributed by atoms with van der Waals surface area (Å²) < 4.78 is 26.5. The first-order valence-electron chi connectivity index (χ1n) is 5.11. The molecule has 0 saturated carbocycles. The highest BCUT2D eigenvalue weighted by molar-refractivity contribution is 9.10. The van der Waals surface area contributed by atoms with Gasteiger partial charge in [0, 0.05) is 12.6 Å². The summed E-state index contributed by atoms with van der Waals surface area (Å²) in [4.78, 5) is 0. The summed E-state index contributed by atoms with van der Waals surface area (Å²) in [6.07, 6.45) is 0.965.